The summed E-state index contributed by atoms with van der Waals surface area (Å²) >= 11 is 0. The molecule has 0 unspecified atom stereocenters. The van der Waals surface area contributed by atoms with Gasteiger partial charge in [-0.25, -0.2) is 0 Å². The number of rotatable bonds is 1. The van der Waals surface area contributed by atoms with Crippen molar-refractivity contribution in [3.63, 3.8) is 0 Å². The second-order valence-corrected chi connectivity index (χ2v) is 4.45. The fourth-order valence-corrected chi connectivity index (χ4v) is 2.37. The first kappa shape index (κ1) is 10.3. The number of amides is 1. The predicted octanol–water partition coefficient (Wildman–Crippen LogP) is 1.90. The van der Waals surface area contributed by atoms with E-state index in [1.807, 2.05) is 30.3 Å². The van der Waals surface area contributed by atoms with Crippen LogP contribution in [0.2, 0.25) is 0 Å². The molecule has 1 heterocycles. The molecule has 0 bridgehead atoms. The van der Waals surface area contributed by atoms with Crippen molar-refractivity contribution in [3.05, 3.63) is 48.0 Å². The Balaban J connectivity index is 1.95. The van der Waals surface area contributed by atoms with Crippen LogP contribution in [-0.2, 0) is 4.79 Å². The SMILES string of the molecule is O=C1NC(c2ccccc2)=N[C@H]2CC=CC[C@H]12. The van der Waals surface area contributed by atoms with Gasteiger partial charge in [0.25, 0.3) is 0 Å². The summed E-state index contributed by atoms with van der Waals surface area (Å²) in [6, 6.07) is 9.93. The van der Waals surface area contributed by atoms with Gasteiger partial charge in [-0.05, 0) is 12.8 Å². The normalized spacial score (nSPS) is 27.1. The first-order chi connectivity index (χ1) is 8.34. The van der Waals surface area contributed by atoms with Gasteiger partial charge in [-0.15, -0.1) is 0 Å². The molecule has 86 valence electrons. The molecule has 0 radical (unpaired) electrons. The van der Waals surface area contributed by atoms with Crippen molar-refractivity contribution in [2.24, 2.45) is 10.9 Å². The highest BCUT2D eigenvalue weighted by Gasteiger charge is 2.33. The van der Waals surface area contributed by atoms with Gasteiger partial charge >= 0.3 is 0 Å². The van der Waals surface area contributed by atoms with Crippen LogP contribution in [0.4, 0.5) is 0 Å². The van der Waals surface area contributed by atoms with Crippen LogP contribution in [0.15, 0.2) is 47.5 Å². The molecular formula is C14H14N2O. The quantitative estimate of drug-likeness (QED) is 0.730. The fourth-order valence-electron chi connectivity index (χ4n) is 2.37. The van der Waals surface area contributed by atoms with Crippen LogP contribution < -0.4 is 5.32 Å². The third-order valence-electron chi connectivity index (χ3n) is 3.32. The zero-order chi connectivity index (χ0) is 11.7. The van der Waals surface area contributed by atoms with Crippen LogP contribution >= 0.6 is 0 Å². The summed E-state index contributed by atoms with van der Waals surface area (Å²) in [5.74, 6) is 0.841. The summed E-state index contributed by atoms with van der Waals surface area (Å²) in [7, 11) is 0. The van der Waals surface area contributed by atoms with Gasteiger partial charge < -0.3 is 5.32 Å². The molecule has 3 nitrogen and oxygen atoms in total. The third kappa shape index (κ3) is 1.88. The molecule has 0 saturated heterocycles. The minimum atomic E-state index is 0.0208. The number of benzene rings is 1. The number of fused-ring (bicyclic) bond motifs is 1. The minimum absolute atomic E-state index is 0.0208. The molecule has 1 N–H and O–H groups in total. The van der Waals surface area contributed by atoms with Crippen LogP contribution in [-0.4, -0.2) is 17.8 Å². The lowest BCUT2D eigenvalue weighted by molar-refractivity contribution is -0.124. The van der Waals surface area contributed by atoms with E-state index in [0.29, 0.717) is 5.84 Å². The first-order valence-corrected chi connectivity index (χ1v) is 5.93. The lowest BCUT2D eigenvalue weighted by Crippen LogP contribution is -2.46. The van der Waals surface area contributed by atoms with Crippen molar-refractivity contribution in [2.45, 2.75) is 18.9 Å². The van der Waals surface area contributed by atoms with Crippen molar-refractivity contribution in [2.75, 3.05) is 0 Å². The molecule has 3 rings (SSSR count). The number of nitrogens with one attached hydrogen (secondary N) is 1. The zero-order valence-electron chi connectivity index (χ0n) is 9.47. The Hall–Kier alpha value is -1.90. The maximum atomic E-state index is 12.0. The second-order valence-electron chi connectivity index (χ2n) is 4.45. The van der Waals surface area contributed by atoms with Gasteiger partial charge in [0.1, 0.15) is 5.84 Å². The lowest BCUT2D eigenvalue weighted by Gasteiger charge is -2.30. The molecule has 1 aromatic rings. The molecule has 1 amide bonds. The van der Waals surface area contributed by atoms with E-state index in [0.717, 1.165) is 18.4 Å². The van der Waals surface area contributed by atoms with E-state index in [9.17, 15) is 4.79 Å². The van der Waals surface area contributed by atoms with Gasteiger partial charge in [-0.1, -0.05) is 42.5 Å². The molecule has 2 aliphatic rings. The van der Waals surface area contributed by atoms with Crippen molar-refractivity contribution in [1.82, 2.24) is 5.32 Å². The topological polar surface area (TPSA) is 41.5 Å². The van der Waals surface area contributed by atoms with Gasteiger partial charge in [0.15, 0.2) is 0 Å². The summed E-state index contributed by atoms with van der Waals surface area (Å²) in [5.41, 5.74) is 0.980. The average molecular weight is 226 g/mol. The Morgan fingerprint density at radius 1 is 1.12 bits per heavy atom. The average Bonchev–Trinajstić information content (AvgIpc) is 2.40. The molecule has 1 aromatic carbocycles. The largest absolute Gasteiger partial charge is 0.310 e. The Bertz CT molecular complexity index is 490. The highest BCUT2D eigenvalue weighted by Crippen LogP contribution is 2.25. The molecule has 0 aromatic heterocycles. The van der Waals surface area contributed by atoms with Crippen molar-refractivity contribution < 1.29 is 4.79 Å². The maximum Gasteiger partial charge on any atom is 0.231 e. The van der Waals surface area contributed by atoms with Crippen LogP contribution in [0.25, 0.3) is 0 Å². The smallest absolute Gasteiger partial charge is 0.231 e. The summed E-state index contributed by atoms with van der Waals surface area (Å²) < 4.78 is 0. The Kier molecular flexibility index (Phi) is 2.52. The van der Waals surface area contributed by atoms with E-state index in [1.54, 1.807) is 0 Å². The van der Waals surface area contributed by atoms with Crippen LogP contribution in [0.1, 0.15) is 18.4 Å². The van der Waals surface area contributed by atoms with E-state index in [1.165, 1.54) is 0 Å². The fraction of sp³-hybridized carbons (Fsp3) is 0.286. The molecule has 2 atom stereocenters. The van der Waals surface area contributed by atoms with Gasteiger partial charge in [0.05, 0.1) is 12.0 Å². The highest BCUT2D eigenvalue weighted by molar-refractivity contribution is 6.10. The van der Waals surface area contributed by atoms with Gasteiger partial charge in [-0.2, -0.15) is 0 Å². The number of carbonyl (C=O) groups excluding carboxylic acids is 1. The Labute approximate surface area is 100 Å². The van der Waals surface area contributed by atoms with E-state index >= 15 is 0 Å². The van der Waals surface area contributed by atoms with E-state index in [-0.39, 0.29) is 17.9 Å². The zero-order valence-corrected chi connectivity index (χ0v) is 9.47. The van der Waals surface area contributed by atoms with Crippen LogP contribution in [0, 0.1) is 5.92 Å². The standard InChI is InChI=1S/C14H14N2O/c17-14-11-8-4-5-9-12(11)15-13(16-14)10-6-2-1-3-7-10/h1-7,11-12H,8-9H2,(H,15,16,17)/t11-,12-/m0/s1. The number of nitrogens with zero attached hydrogens (tertiary/aromatic N) is 1. The molecule has 3 heteroatoms. The van der Waals surface area contributed by atoms with Gasteiger partial charge in [0.2, 0.25) is 5.91 Å². The molecule has 0 spiro atoms. The number of allylic oxidation sites excluding steroid dienone is 1. The lowest BCUT2D eigenvalue weighted by atomic mass is 9.87. The summed E-state index contributed by atoms with van der Waals surface area (Å²) in [4.78, 5) is 16.6. The highest BCUT2D eigenvalue weighted by atomic mass is 16.2. The molecular weight excluding hydrogens is 212 g/mol. The number of hydrogen-bond acceptors (Lipinski definition) is 2. The van der Waals surface area contributed by atoms with E-state index < -0.39 is 0 Å². The van der Waals surface area contributed by atoms with Crippen LogP contribution in [0.3, 0.4) is 0 Å². The van der Waals surface area contributed by atoms with E-state index in [4.69, 9.17) is 0 Å². The number of hydrogen-bond donors (Lipinski definition) is 1. The molecule has 1 aliphatic heterocycles. The first-order valence-electron chi connectivity index (χ1n) is 5.93. The van der Waals surface area contributed by atoms with Crippen molar-refractivity contribution >= 4 is 11.7 Å². The maximum absolute atomic E-state index is 12.0. The summed E-state index contributed by atoms with van der Waals surface area (Å²) in [6.07, 6.45) is 5.87. The third-order valence-corrected chi connectivity index (χ3v) is 3.32. The number of carbonyl (C=O) groups is 1. The summed E-state index contributed by atoms with van der Waals surface area (Å²) in [5, 5.41) is 2.91. The Morgan fingerprint density at radius 3 is 2.71 bits per heavy atom. The second kappa shape index (κ2) is 4.17. The van der Waals surface area contributed by atoms with Crippen molar-refractivity contribution in [1.29, 1.82) is 0 Å². The molecule has 17 heavy (non-hydrogen) atoms. The molecule has 0 fully saturated rings. The van der Waals surface area contributed by atoms with Gasteiger partial charge in [0, 0.05) is 5.56 Å². The predicted molar refractivity (Wildman–Crippen MR) is 66.8 cm³/mol. The molecule has 0 saturated carbocycles. The number of aliphatic imine (C=N–C) groups is 1. The monoisotopic (exact) mass is 226 g/mol. The minimum Gasteiger partial charge on any atom is -0.310 e. The van der Waals surface area contributed by atoms with E-state index in [2.05, 4.69) is 22.5 Å². The van der Waals surface area contributed by atoms with Crippen LogP contribution in [0.5, 0.6) is 0 Å². The van der Waals surface area contributed by atoms with Gasteiger partial charge in [-0.3, -0.25) is 9.79 Å². The Morgan fingerprint density at radius 2 is 1.88 bits per heavy atom. The summed E-state index contributed by atoms with van der Waals surface area (Å²) in [6.45, 7) is 0. The van der Waals surface area contributed by atoms with Crippen molar-refractivity contribution in [3.8, 4) is 0 Å². The number of amidine groups is 1. The molecule has 1 aliphatic carbocycles.